The molecule has 1 rings (SSSR count). The highest BCUT2D eigenvalue weighted by Crippen LogP contribution is 2.26. The molecule has 0 saturated carbocycles. The van der Waals surface area contributed by atoms with Gasteiger partial charge in [-0.05, 0) is 53.7 Å². The monoisotopic (exact) mass is 406 g/mol. The van der Waals surface area contributed by atoms with Gasteiger partial charge in [0.2, 0.25) is 5.28 Å². The van der Waals surface area contributed by atoms with Gasteiger partial charge in [-0.3, -0.25) is 0 Å². The Hall–Kier alpha value is -1.08. The number of amides is 1. The zero-order valence-electron chi connectivity index (χ0n) is 14.3. The van der Waals surface area contributed by atoms with Crippen molar-refractivity contribution < 1.29 is 9.53 Å². The number of nitrogens with one attached hydrogen (secondary N) is 2. The molecular formula is C15H24BrClN4O2. The maximum Gasteiger partial charge on any atom is 0.407 e. The lowest BCUT2D eigenvalue weighted by Crippen LogP contribution is -2.45. The minimum absolute atomic E-state index is 0.0858. The molecule has 2 N–H and O–H groups in total. The number of aromatic nitrogens is 2. The number of hydrogen-bond acceptors (Lipinski definition) is 5. The molecule has 0 radical (unpaired) electrons. The average Bonchev–Trinajstić information content (AvgIpc) is 2.34. The SMILES string of the molecule is CC(C)(C)OC(=O)NC[C@@H](Nc1nc(Cl)ncc1Br)C(C)(C)C. The normalized spacial score (nSPS) is 13.4. The van der Waals surface area contributed by atoms with Gasteiger partial charge in [0.25, 0.3) is 0 Å². The van der Waals surface area contributed by atoms with Gasteiger partial charge < -0.3 is 15.4 Å². The highest BCUT2D eigenvalue weighted by atomic mass is 79.9. The fourth-order valence-corrected chi connectivity index (χ4v) is 2.12. The van der Waals surface area contributed by atoms with Crippen molar-refractivity contribution in [2.24, 2.45) is 5.41 Å². The second-order valence-corrected chi connectivity index (χ2v) is 8.47. The molecule has 0 aliphatic rings. The lowest BCUT2D eigenvalue weighted by atomic mass is 9.86. The van der Waals surface area contributed by atoms with E-state index in [-0.39, 0.29) is 16.7 Å². The summed E-state index contributed by atoms with van der Waals surface area (Å²) in [6.45, 7) is 12.1. The molecule has 0 bridgehead atoms. The van der Waals surface area contributed by atoms with Crippen LogP contribution in [0, 0.1) is 5.41 Å². The summed E-state index contributed by atoms with van der Waals surface area (Å²) in [6.07, 6.45) is 1.13. The highest BCUT2D eigenvalue weighted by molar-refractivity contribution is 9.10. The van der Waals surface area contributed by atoms with Gasteiger partial charge in [-0.25, -0.2) is 9.78 Å². The predicted molar refractivity (Wildman–Crippen MR) is 95.8 cm³/mol. The van der Waals surface area contributed by atoms with Crippen LogP contribution in [0.15, 0.2) is 10.7 Å². The van der Waals surface area contributed by atoms with Gasteiger partial charge in [0, 0.05) is 18.8 Å². The predicted octanol–water partition coefficient (Wildman–Crippen LogP) is 4.24. The fraction of sp³-hybridized carbons (Fsp3) is 0.667. The Bertz CT molecular complexity index is 555. The van der Waals surface area contributed by atoms with Crippen LogP contribution in [0.3, 0.4) is 0 Å². The van der Waals surface area contributed by atoms with Crippen LogP contribution >= 0.6 is 27.5 Å². The van der Waals surface area contributed by atoms with Gasteiger partial charge in [0.15, 0.2) is 0 Å². The van der Waals surface area contributed by atoms with Crippen LogP contribution in [0.1, 0.15) is 41.5 Å². The van der Waals surface area contributed by atoms with Gasteiger partial charge in [-0.2, -0.15) is 4.98 Å². The molecule has 0 aliphatic carbocycles. The standard InChI is InChI=1S/C15H24BrClN4O2/c1-14(2,3)10(8-19-13(22)23-15(4,5)6)20-11-9(16)7-18-12(17)21-11/h7,10H,8H2,1-6H3,(H,19,22)(H,18,20,21)/t10-/m1/s1. The quantitative estimate of drug-likeness (QED) is 0.730. The van der Waals surface area contributed by atoms with E-state index in [2.05, 4.69) is 57.3 Å². The first-order valence-corrected chi connectivity index (χ1v) is 8.47. The lowest BCUT2D eigenvalue weighted by molar-refractivity contribution is 0.0520. The van der Waals surface area contributed by atoms with Gasteiger partial charge >= 0.3 is 6.09 Å². The van der Waals surface area contributed by atoms with Crippen molar-refractivity contribution in [3.05, 3.63) is 16.0 Å². The fourth-order valence-electron chi connectivity index (χ4n) is 1.69. The highest BCUT2D eigenvalue weighted by Gasteiger charge is 2.27. The molecular weight excluding hydrogens is 384 g/mol. The number of nitrogens with zero attached hydrogens (tertiary/aromatic N) is 2. The van der Waals surface area contributed by atoms with E-state index in [1.165, 1.54) is 0 Å². The Labute approximate surface area is 150 Å². The molecule has 1 amide bonds. The minimum Gasteiger partial charge on any atom is -0.444 e. The van der Waals surface area contributed by atoms with Crippen molar-refractivity contribution in [2.45, 2.75) is 53.2 Å². The van der Waals surface area contributed by atoms with E-state index in [0.717, 1.165) is 0 Å². The smallest absolute Gasteiger partial charge is 0.407 e. The summed E-state index contributed by atoms with van der Waals surface area (Å²) in [6, 6.07) is -0.0858. The van der Waals surface area contributed by atoms with Crippen molar-refractivity contribution in [2.75, 3.05) is 11.9 Å². The molecule has 0 saturated heterocycles. The van der Waals surface area contributed by atoms with E-state index in [1.54, 1.807) is 6.20 Å². The molecule has 1 atom stereocenters. The van der Waals surface area contributed by atoms with Gasteiger partial charge in [0.1, 0.15) is 11.4 Å². The third-order valence-electron chi connectivity index (χ3n) is 2.92. The number of carbonyl (C=O) groups is 1. The number of anilines is 1. The minimum atomic E-state index is -0.530. The second-order valence-electron chi connectivity index (χ2n) is 7.28. The van der Waals surface area contributed by atoms with Crippen LogP contribution in [-0.4, -0.2) is 34.2 Å². The first-order valence-electron chi connectivity index (χ1n) is 7.30. The summed E-state index contributed by atoms with van der Waals surface area (Å²) in [5, 5.41) is 6.23. The summed E-state index contributed by atoms with van der Waals surface area (Å²) in [5.74, 6) is 0.580. The average molecular weight is 408 g/mol. The van der Waals surface area contributed by atoms with Crippen molar-refractivity contribution in [3.8, 4) is 0 Å². The molecule has 6 nitrogen and oxygen atoms in total. The van der Waals surface area contributed by atoms with E-state index in [0.29, 0.717) is 16.8 Å². The zero-order valence-corrected chi connectivity index (χ0v) is 16.7. The van der Waals surface area contributed by atoms with Crippen LogP contribution in [0.25, 0.3) is 0 Å². The Morgan fingerprint density at radius 1 is 1.35 bits per heavy atom. The molecule has 1 aromatic heterocycles. The summed E-state index contributed by atoms with van der Waals surface area (Å²) in [7, 11) is 0. The molecule has 23 heavy (non-hydrogen) atoms. The first kappa shape index (κ1) is 20.0. The largest absolute Gasteiger partial charge is 0.444 e. The van der Waals surface area contributed by atoms with Gasteiger partial charge in [-0.1, -0.05) is 20.8 Å². The van der Waals surface area contributed by atoms with Crippen molar-refractivity contribution in [1.29, 1.82) is 0 Å². The van der Waals surface area contributed by atoms with Crippen molar-refractivity contribution >= 4 is 39.4 Å². The zero-order chi connectivity index (χ0) is 17.8. The summed E-state index contributed by atoms with van der Waals surface area (Å²) in [4.78, 5) is 19.9. The van der Waals surface area contributed by atoms with E-state index < -0.39 is 11.7 Å². The van der Waals surface area contributed by atoms with Crippen LogP contribution < -0.4 is 10.6 Å². The Morgan fingerprint density at radius 3 is 2.48 bits per heavy atom. The lowest BCUT2D eigenvalue weighted by Gasteiger charge is -2.32. The van der Waals surface area contributed by atoms with Crippen LogP contribution in [-0.2, 0) is 4.74 Å². The van der Waals surface area contributed by atoms with Crippen LogP contribution in [0.2, 0.25) is 5.28 Å². The van der Waals surface area contributed by atoms with Gasteiger partial charge in [-0.15, -0.1) is 0 Å². The maximum absolute atomic E-state index is 11.8. The number of hydrogen-bond donors (Lipinski definition) is 2. The number of carbonyl (C=O) groups excluding carboxylic acids is 1. The van der Waals surface area contributed by atoms with Crippen molar-refractivity contribution in [1.82, 2.24) is 15.3 Å². The number of ether oxygens (including phenoxy) is 1. The van der Waals surface area contributed by atoms with E-state index in [4.69, 9.17) is 16.3 Å². The van der Waals surface area contributed by atoms with E-state index >= 15 is 0 Å². The molecule has 0 aliphatic heterocycles. The molecule has 0 unspecified atom stereocenters. The van der Waals surface area contributed by atoms with E-state index in [1.807, 2.05) is 20.8 Å². The number of alkyl carbamates (subject to hydrolysis) is 1. The third-order valence-corrected chi connectivity index (χ3v) is 3.68. The second kappa shape index (κ2) is 7.66. The Morgan fingerprint density at radius 2 is 1.96 bits per heavy atom. The topological polar surface area (TPSA) is 76.1 Å². The first-order chi connectivity index (χ1) is 10.4. The number of rotatable bonds is 4. The molecule has 0 aromatic carbocycles. The van der Waals surface area contributed by atoms with Gasteiger partial charge in [0.05, 0.1) is 4.47 Å². The summed E-state index contributed by atoms with van der Waals surface area (Å²) >= 11 is 9.23. The molecule has 8 heteroatoms. The molecule has 0 fully saturated rings. The Kier molecular flexibility index (Phi) is 6.65. The third kappa shape index (κ3) is 7.35. The van der Waals surface area contributed by atoms with E-state index in [9.17, 15) is 4.79 Å². The molecule has 130 valence electrons. The summed E-state index contributed by atoms with van der Waals surface area (Å²) in [5.41, 5.74) is -0.663. The summed E-state index contributed by atoms with van der Waals surface area (Å²) < 4.78 is 5.96. The molecule has 0 spiro atoms. The molecule has 1 heterocycles. The van der Waals surface area contributed by atoms with Crippen LogP contribution in [0.5, 0.6) is 0 Å². The van der Waals surface area contributed by atoms with Crippen LogP contribution in [0.4, 0.5) is 10.6 Å². The number of halogens is 2. The Balaban J connectivity index is 2.78. The maximum atomic E-state index is 11.8. The molecule has 1 aromatic rings. The van der Waals surface area contributed by atoms with Crippen molar-refractivity contribution in [3.63, 3.8) is 0 Å².